The van der Waals surface area contributed by atoms with Crippen LogP contribution in [0.5, 0.6) is 0 Å². The number of carbonyl (C=O) groups excluding carboxylic acids is 2. The van der Waals surface area contributed by atoms with E-state index in [0.717, 1.165) is 41.1 Å². The molecule has 6 heteroatoms. The molecular formula is C24H26N2O3S. The number of aromatic nitrogens is 2. The van der Waals surface area contributed by atoms with E-state index in [-0.39, 0.29) is 17.0 Å². The number of imidazole rings is 1. The highest BCUT2D eigenvalue weighted by molar-refractivity contribution is 8.00. The van der Waals surface area contributed by atoms with Crippen molar-refractivity contribution < 1.29 is 14.3 Å². The summed E-state index contributed by atoms with van der Waals surface area (Å²) in [5.74, 6) is -0.226. The summed E-state index contributed by atoms with van der Waals surface area (Å²) in [4.78, 5) is 29.8. The number of ether oxygens (including phenoxy) is 1. The minimum absolute atomic E-state index is 0.122. The molecule has 1 atom stereocenters. The molecule has 2 aromatic carbocycles. The molecule has 0 amide bonds. The summed E-state index contributed by atoms with van der Waals surface area (Å²) in [5, 5.41) is 0.534. The van der Waals surface area contributed by atoms with E-state index in [2.05, 4.69) is 23.6 Å². The molecule has 0 radical (unpaired) electrons. The lowest BCUT2D eigenvalue weighted by Crippen LogP contribution is -2.15. The Kier molecular flexibility index (Phi) is 5.95. The lowest BCUT2D eigenvalue weighted by Gasteiger charge is -2.12. The van der Waals surface area contributed by atoms with Crippen LogP contribution in [0.1, 0.15) is 59.0 Å². The molecule has 156 valence electrons. The van der Waals surface area contributed by atoms with Gasteiger partial charge in [0.2, 0.25) is 0 Å². The van der Waals surface area contributed by atoms with E-state index < -0.39 is 0 Å². The van der Waals surface area contributed by atoms with Crippen LogP contribution in [0.25, 0.3) is 11.0 Å². The molecule has 4 rings (SSSR count). The Bertz CT molecular complexity index is 1120. The summed E-state index contributed by atoms with van der Waals surface area (Å²) in [6.45, 7) is 6.85. The van der Waals surface area contributed by atoms with Crippen LogP contribution in [-0.4, -0.2) is 33.2 Å². The Morgan fingerprint density at radius 2 is 1.87 bits per heavy atom. The number of nitrogens with zero attached hydrogens (tertiary/aromatic N) is 2. The first-order valence-electron chi connectivity index (χ1n) is 10.5. The van der Waals surface area contributed by atoms with Gasteiger partial charge in [0.05, 0.1) is 28.5 Å². The van der Waals surface area contributed by atoms with Crippen LogP contribution in [0.15, 0.2) is 41.6 Å². The van der Waals surface area contributed by atoms with Gasteiger partial charge in [-0.15, -0.1) is 0 Å². The Labute approximate surface area is 180 Å². The van der Waals surface area contributed by atoms with Gasteiger partial charge in [-0.25, -0.2) is 9.78 Å². The van der Waals surface area contributed by atoms with Crippen molar-refractivity contribution in [2.75, 3.05) is 6.61 Å². The Balaban J connectivity index is 1.59. The molecule has 0 aliphatic heterocycles. The predicted molar refractivity (Wildman–Crippen MR) is 119 cm³/mol. The Morgan fingerprint density at radius 1 is 1.10 bits per heavy atom. The summed E-state index contributed by atoms with van der Waals surface area (Å²) in [7, 11) is 0. The second-order valence-electron chi connectivity index (χ2n) is 7.52. The molecule has 3 aromatic rings. The van der Waals surface area contributed by atoms with Crippen LogP contribution in [-0.2, 0) is 24.1 Å². The van der Waals surface area contributed by atoms with Gasteiger partial charge in [0.25, 0.3) is 0 Å². The first-order chi connectivity index (χ1) is 14.5. The highest BCUT2D eigenvalue weighted by Gasteiger charge is 2.22. The highest BCUT2D eigenvalue weighted by Crippen LogP contribution is 2.30. The molecule has 1 aliphatic rings. The topological polar surface area (TPSA) is 61.2 Å². The molecule has 5 nitrogen and oxygen atoms in total. The fourth-order valence-corrected chi connectivity index (χ4v) is 5.08. The van der Waals surface area contributed by atoms with Gasteiger partial charge in [-0.1, -0.05) is 23.9 Å². The largest absolute Gasteiger partial charge is 0.462 e. The second-order valence-corrected chi connectivity index (χ2v) is 8.83. The van der Waals surface area contributed by atoms with Gasteiger partial charge in [0, 0.05) is 12.1 Å². The molecule has 0 unspecified atom stereocenters. The monoisotopic (exact) mass is 422 g/mol. The maximum Gasteiger partial charge on any atom is 0.338 e. The number of thioether (sulfide) groups is 1. The molecule has 0 saturated heterocycles. The Hall–Kier alpha value is -2.60. The number of aryl methyl sites for hydroxylation is 3. The minimum Gasteiger partial charge on any atom is -0.462 e. The SMILES string of the molecule is CCOC(=O)c1ccc2c(c1)nc(S[C@@H](C)C(=O)c1ccc3c(c1)CCC3)n2CC. The minimum atomic E-state index is -0.347. The molecule has 0 bridgehead atoms. The highest BCUT2D eigenvalue weighted by atomic mass is 32.2. The molecular weight excluding hydrogens is 396 g/mol. The number of benzene rings is 2. The number of Topliss-reactive ketones (excluding diaryl/α,β-unsaturated/α-hetero) is 1. The van der Waals surface area contributed by atoms with Gasteiger partial charge in [-0.3, -0.25) is 4.79 Å². The van der Waals surface area contributed by atoms with Gasteiger partial charge in [0.15, 0.2) is 10.9 Å². The van der Waals surface area contributed by atoms with E-state index in [1.54, 1.807) is 19.1 Å². The number of rotatable bonds is 7. The third-order valence-corrected chi connectivity index (χ3v) is 6.67. The lowest BCUT2D eigenvalue weighted by molar-refractivity contribution is 0.0526. The van der Waals surface area contributed by atoms with E-state index in [9.17, 15) is 9.59 Å². The van der Waals surface area contributed by atoms with Crippen molar-refractivity contribution in [1.29, 1.82) is 0 Å². The van der Waals surface area contributed by atoms with Crippen LogP contribution in [0.4, 0.5) is 0 Å². The summed E-state index contributed by atoms with van der Waals surface area (Å²) < 4.78 is 7.18. The standard InChI is InChI=1S/C24H26N2O3S/c1-4-26-21-12-11-19(23(28)29-5-2)14-20(21)25-24(26)30-15(3)22(27)18-10-9-16-7-6-8-17(16)13-18/h9-15H,4-8H2,1-3H3/t15-/m0/s1. The van der Waals surface area contributed by atoms with Gasteiger partial charge in [-0.05, 0) is 75.4 Å². The van der Waals surface area contributed by atoms with Crippen LogP contribution < -0.4 is 0 Å². The molecule has 1 heterocycles. The third-order valence-electron chi connectivity index (χ3n) is 5.57. The summed E-state index contributed by atoms with van der Waals surface area (Å²) in [5.41, 5.74) is 5.64. The number of ketones is 1. The Morgan fingerprint density at radius 3 is 2.63 bits per heavy atom. The number of hydrogen-bond donors (Lipinski definition) is 0. The van der Waals surface area contributed by atoms with Crippen LogP contribution in [0.3, 0.4) is 0 Å². The van der Waals surface area contributed by atoms with E-state index in [4.69, 9.17) is 9.72 Å². The van der Waals surface area contributed by atoms with Crippen molar-refractivity contribution in [1.82, 2.24) is 9.55 Å². The number of hydrogen-bond acceptors (Lipinski definition) is 5. The van der Waals surface area contributed by atoms with E-state index in [1.807, 2.05) is 19.1 Å². The molecule has 1 aliphatic carbocycles. The van der Waals surface area contributed by atoms with Crippen molar-refractivity contribution in [2.24, 2.45) is 0 Å². The average Bonchev–Trinajstić information content (AvgIpc) is 3.35. The second kappa shape index (κ2) is 8.64. The smallest absolute Gasteiger partial charge is 0.338 e. The first kappa shape index (κ1) is 20.7. The fourth-order valence-electron chi connectivity index (χ4n) is 4.02. The molecule has 0 saturated carbocycles. The average molecular weight is 423 g/mol. The van der Waals surface area contributed by atoms with Crippen molar-refractivity contribution in [2.45, 2.75) is 57.0 Å². The third kappa shape index (κ3) is 3.88. The van der Waals surface area contributed by atoms with Gasteiger partial charge >= 0.3 is 5.97 Å². The van der Waals surface area contributed by atoms with E-state index >= 15 is 0 Å². The zero-order valence-corrected chi connectivity index (χ0v) is 18.4. The van der Waals surface area contributed by atoms with Gasteiger partial charge in [0.1, 0.15) is 0 Å². The first-order valence-corrected chi connectivity index (χ1v) is 11.4. The van der Waals surface area contributed by atoms with Crippen LogP contribution in [0, 0.1) is 0 Å². The zero-order valence-electron chi connectivity index (χ0n) is 17.6. The van der Waals surface area contributed by atoms with Gasteiger partial charge in [-0.2, -0.15) is 0 Å². The number of carbonyl (C=O) groups is 2. The van der Waals surface area contributed by atoms with Crippen molar-refractivity contribution in [3.63, 3.8) is 0 Å². The maximum atomic E-state index is 13.1. The molecule has 0 spiro atoms. The summed E-state index contributed by atoms with van der Waals surface area (Å²) in [6.07, 6.45) is 3.35. The normalized spacial score (nSPS) is 14.0. The summed E-state index contributed by atoms with van der Waals surface area (Å²) in [6, 6.07) is 11.5. The number of esters is 1. The molecule has 0 fully saturated rings. The summed E-state index contributed by atoms with van der Waals surface area (Å²) >= 11 is 1.47. The van der Waals surface area contributed by atoms with Crippen LogP contribution in [0.2, 0.25) is 0 Å². The van der Waals surface area contributed by atoms with Crippen molar-refractivity contribution in [3.8, 4) is 0 Å². The lowest BCUT2D eigenvalue weighted by atomic mass is 10.0. The number of fused-ring (bicyclic) bond motifs is 2. The maximum absolute atomic E-state index is 13.1. The van der Waals surface area contributed by atoms with E-state index in [1.165, 1.54) is 29.3 Å². The van der Waals surface area contributed by atoms with Crippen molar-refractivity contribution in [3.05, 3.63) is 58.7 Å². The quantitative estimate of drug-likeness (QED) is 0.302. The van der Waals surface area contributed by atoms with Gasteiger partial charge < -0.3 is 9.30 Å². The molecule has 30 heavy (non-hydrogen) atoms. The van der Waals surface area contributed by atoms with E-state index in [0.29, 0.717) is 12.2 Å². The zero-order chi connectivity index (χ0) is 21.3. The molecule has 1 aromatic heterocycles. The molecule has 0 N–H and O–H groups in total. The van der Waals surface area contributed by atoms with Crippen molar-refractivity contribution >= 4 is 34.5 Å². The predicted octanol–water partition coefficient (Wildman–Crippen LogP) is 5.09. The van der Waals surface area contributed by atoms with Crippen LogP contribution >= 0.6 is 11.8 Å². The fraction of sp³-hybridized carbons (Fsp3) is 0.375.